The van der Waals surface area contributed by atoms with Crippen molar-refractivity contribution >= 4 is 34.7 Å². The number of hydrogen-bond donors (Lipinski definition) is 2. The van der Waals surface area contributed by atoms with E-state index in [4.69, 9.17) is 4.74 Å². The van der Waals surface area contributed by atoms with Gasteiger partial charge in [-0.05, 0) is 48.6 Å². The Balaban J connectivity index is 1.80. The summed E-state index contributed by atoms with van der Waals surface area (Å²) < 4.78 is 5.41. The van der Waals surface area contributed by atoms with E-state index in [-0.39, 0.29) is 18.4 Å². The number of ether oxygens (including phenoxy) is 1. The van der Waals surface area contributed by atoms with Gasteiger partial charge in [0.25, 0.3) is 11.8 Å². The van der Waals surface area contributed by atoms with E-state index in [0.29, 0.717) is 47.0 Å². The molecule has 2 aliphatic rings. The highest BCUT2D eigenvalue weighted by Gasteiger charge is 2.44. The zero-order valence-corrected chi connectivity index (χ0v) is 18.7. The first-order valence-corrected chi connectivity index (χ1v) is 10.9. The van der Waals surface area contributed by atoms with E-state index >= 15 is 0 Å². The van der Waals surface area contributed by atoms with Crippen LogP contribution in [0.4, 0.5) is 11.4 Å². The van der Waals surface area contributed by atoms with Crippen LogP contribution in [0.1, 0.15) is 25.3 Å². The number of imide groups is 1. The van der Waals surface area contributed by atoms with Crippen LogP contribution in [0, 0.1) is 5.92 Å². The third-order valence-corrected chi connectivity index (χ3v) is 5.97. The first-order chi connectivity index (χ1) is 15.9. The average molecular weight is 450 g/mol. The van der Waals surface area contributed by atoms with Crippen LogP contribution in [0.2, 0.25) is 0 Å². The molecule has 2 aromatic rings. The number of aliphatic hydroxyl groups excluding tert-OH is 1. The number of hydrogen-bond acceptors (Lipinski definition) is 6. The summed E-state index contributed by atoms with van der Waals surface area (Å²) in [5.74, 6) is -0.576. The Labute approximate surface area is 192 Å². The maximum Gasteiger partial charge on any atom is 0.282 e. The van der Waals surface area contributed by atoms with Gasteiger partial charge in [0, 0.05) is 32.3 Å². The molecule has 8 nitrogen and oxygen atoms in total. The molecule has 8 heteroatoms. The van der Waals surface area contributed by atoms with Crippen LogP contribution in [0.3, 0.4) is 0 Å². The monoisotopic (exact) mass is 449 g/mol. The summed E-state index contributed by atoms with van der Waals surface area (Å²) in [4.78, 5) is 41.8. The Morgan fingerprint density at radius 3 is 2.52 bits per heavy atom. The molecular weight excluding hydrogens is 422 g/mol. The van der Waals surface area contributed by atoms with Crippen molar-refractivity contribution in [1.82, 2.24) is 4.90 Å². The smallest absolute Gasteiger partial charge is 0.282 e. The number of amides is 3. The molecule has 0 spiro atoms. The molecule has 172 valence electrons. The summed E-state index contributed by atoms with van der Waals surface area (Å²) in [6.07, 6.45) is 1.69. The van der Waals surface area contributed by atoms with Crippen LogP contribution < -0.4 is 15.0 Å². The fourth-order valence-electron chi connectivity index (χ4n) is 4.45. The quantitative estimate of drug-likeness (QED) is 0.658. The maximum atomic E-state index is 13.7. The summed E-state index contributed by atoms with van der Waals surface area (Å²) in [5, 5.41) is 12.4. The average Bonchev–Trinajstić information content (AvgIpc) is 3.09. The number of methoxy groups -OCH3 is 1. The van der Waals surface area contributed by atoms with Gasteiger partial charge in [0.1, 0.15) is 11.4 Å². The lowest BCUT2D eigenvalue weighted by Gasteiger charge is -2.34. The van der Waals surface area contributed by atoms with Crippen LogP contribution in [0.25, 0.3) is 5.57 Å². The largest absolute Gasteiger partial charge is 0.495 e. The van der Waals surface area contributed by atoms with Crippen molar-refractivity contribution in [2.45, 2.75) is 19.8 Å². The van der Waals surface area contributed by atoms with Gasteiger partial charge in [-0.25, -0.2) is 4.90 Å². The lowest BCUT2D eigenvalue weighted by atomic mass is 9.97. The third-order valence-electron chi connectivity index (χ3n) is 5.97. The number of carbonyl (C=O) groups excluding carboxylic acids is 3. The molecule has 3 amide bonds. The van der Waals surface area contributed by atoms with E-state index in [1.165, 1.54) is 14.0 Å². The Morgan fingerprint density at radius 2 is 1.85 bits per heavy atom. The molecule has 0 bridgehead atoms. The first kappa shape index (κ1) is 22.5. The minimum atomic E-state index is -0.433. The van der Waals surface area contributed by atoms with Crippen LogP contribution in [0.5, 0.6) is 5.75 Å². The molecule has 1 fully saturated rings. The van der Waals surface area contributed by atoms with Gasteiger partial charge in [0.15, 0.2) is 0 Å². The molecule has 2 aromatic carbocycles. The SMILES string of the molecule is COc1ccccc1N1C(=O)C(c2ccc(NC(C)=O)cc2)=C(N2CCCC(CO)C2)C1=O. The molecule has 1 unspecified atom stereocenters. The summed E-state index contributed by atoms with van der Waals surface area (Å²) >= 11 is 0. The Bertz CT molecular complexity index is 1110. The third kappa shape index (κ3) is 4.34. The molecule has 0 aliphatic carbocycles. The standard InChI is InChI=1S/C25H27N3O5/c1-16(30)26-19-11-9-18(10-12-19)22-23(27-13-5-6-17(14-27)15-29)25(32)28(24(22)31)20-7-3-4-8-21(20)33-2/h3-4,7-12,17,29H,5-6,13-15H2,1-2H3,(H,26,30). The molecule has 1 saturated heterocycles. The second-order valence-electron chi connectivity index (χ2n) is 8.24. The molecule has 0 saturated carbocycles. The van der Waals surface area contributed by atoms with Crippen LogP contribution >= 0.6 is 0 Å². The fraction of sp³-hybridized carbons (Fsp3) is 0.320. The minimum absolute atomic E-state index is 0.0306. The zero-order chi connectivity index (χ0) is 23.5. The Hall–Kier alpha value is -3.65. The van der Waals surface area contributed by atoms with Crippen molar-refractivity contribution in [2.24, 2.45) is 5.92 Å². The van der Waals surface area contributed by atoms with E-state index < -0.39 is 11.8 Å². The predicted molar refractivity (Wildman–Crippen MR) is 125 cm³/mol. The lowest BCUT2D eigenvalue weighted by Crippen LogP contribution is -2.40. The number of nitrogens with one attached hydrogen (secondary N) is 1. The summed E-state index contributed by atoms with van der Waals surface area (Å²) in [5.41, 5.74) is 2.20. The van der Waals surface area contributed by atoms with Gasteiger partial charge in [-0.15, -0.1) is 0 Å². The van der Waals surface area contributed by atoms with Crippen LogP contribution in [-0.4, -0.2) is 54.5 Å². The number of rotatable bonds is 6. The van der Waals surface area contributed by atoms with Crippen LogP contribution in [0.15, 0.2) is 54.2 Å². The number of anilines is 2. The van der Waals surface area contributed by atoms with Gasteiger partial charge in [-0.1, -0.05) is 24.3 Å². The number of aliphatic hydroxyl groups is 1. The number of likely N-dealkylation sites (tertiary alicyclic amines) is 1. The summed E-state index contributed by atoms with van der Waals surface area (Å²) in [6.45, 7) is 2.58. The highest BCUT2D eigenvalue weighted by atomic mass is 16.5. The van der Waals surface area contributed by atoms with Crippen molar-refractivity contribution in [3.63, 3.8) is 0 Å². The highest BCUT2D eigenvalue weighted by Crippen LogP contribution is 2.39. The van der Waals surface area contributed by atoms with Gasteiger partial charge in [0.05, 0.1) is 18.4 Å². The zero-order valence-electron chi connectivity index (χ0n) is 18.7. The minimum Gasteiger partial charge on any atom is -0.495 e. The molecule has 0 radical (unpaired) electrons. The van der Waals surface area contributed by atoms with Gasteiger partial charge in [-0.2, -0.15) is 0 Å². The number of nitrogens with zero attached hydrogens (tertiary/aromatic N) is 2. The highest BCUT2D eigenvalue weighted by molar-refractivity contribution is 6.45. The maximum absolute atomic E-state index is 13.7. The van der Waals surface area contributed by atoms with E-state index in [0.717, 1.165) is 17.7 Å². The molecule has 33 heavy (non-hydrogen) atoms. The molecule has 4 rings (SSSR count). The Kier molecular flexibility index (Phi) is 6.46. The van der Waals surface area contributed by atoms with E-state index in [1.807, 2.05) is 4.90 Å². The summed E-state index contributed by atoms with van der Waals surface area (Å²) in [7, 11) is 1.50. The predicted octanol–water partition coefficient (Wildman–Crippen LogP) is 2.64. The Morgan fingerprint density at radius 1 is 1.12 bits per heavy atom. The normalized spacial score (nSPS) is 18.7. The second-order valence-corrected chi connectivity index (χ2v) is 8.24. The van der Waals surface area contributed by atoms with Crippen molar-refractivity contribution in [3.8, 4) is 5.75 Å². The number of benzene rings is 2. The van der Waals surface area contributed by atoms with Crippen molar-refractivity contribution in [3.05, 3.63) is 59.8 Å². The molecule has 1 atom stereocenters. The van der Waals surface area contributed by atoms with Crippen molar-refractivity contribution in [2.75, 3.05) is 37.0 Å². The summed E-state index contributed by atoms with van der Waals surface area (Å²) in [6, 6.07) is 13.8. The van der Waals surface area contributed by atoms with Crippen molar-refractivity contribution < 1.29 is 24.2 Å². The van der Waals surface area contributed by atoms with E-state index in [1.54, 1.807) is 48.5 Å². The fourth-order valence-corrected chi connectivity index (χ4v) is 4.45. The first-order valence-electron chi connectivity index (χ1n) is 10.9. The molecule has 2 aliphatic heterocycles. The topological polar surface area (TPSA) is 99.2 Å². The number of piperidine rings is 1. The van der Waals surface area contributed by atoms with E-state index in [9.17, 15) is 19.5 Å². The van der Waals surface area contributed by atoms with Gasteiger partial charge in [0.2, 0.25) is 5.91 Å². The van der Waals surface area contributed by atoms with Gasteiger partial charge in [-0.3, -0.25) is 14.4 Å². The van der Waals surface area contributed by atoms with Crippen LogP contribution in [-0.2, 0) is 14.4 Å². The molecular formula is C25H27N3O5. The van der Waals surface area contributed by atoms with Gasteiger partial charge >= 0.3 is 0 Å². The molecule has 0 aromatic heterocycles. The molecule has 2 N–H and O–H groups in total. The number of carbonyl (C=O) groups is 3. The van der Waals surface area contributed by atoms with E-state index in [2.05, 4.69) is 5.32 Å². The van der Waals surface area contributed by atoms with Crippen molar-refractivity contribution in [1.29, 1.82) is 0 Å². The number of para-hydroxylation sites is 2. The molecule has 2 heterocycles. The van der Waals surface area contributed by atoms with Gasteiger partial charge < -0.3 is 20.1 Å². The lowest BCUT2D eigenvalue weighted by molar-refractivity contribution is -0.121. The second kappa shape index (κ2) is 9.46.